The highest BCUT2D eigenvalue weighted by Crippen LogP contribution is 2.54. The van der Waals surface area contributed by atoms with E-state index in [-0.39, 0.29) is 21.1 Å². The number of halogens is 1. The maximum atomic E-state index is 5.58. The first-order chi connectivity index (χ1) is 15.1. The highest BCUT2D eigenvalue weighted by Gasteiger charge is 2.36. The Kier molecular flexibility index (Phi) is 10.7. The number of anilines is 1. The van der Waals surface area contributed by atoms with Gasteiger partial charge in [-0.2, -0.15) is 0 Å². The van der Waals surface area contributed by atoms with E-state index in [0.717, 1.165) is 48.1 Å². The molecule has 3 rings (SSSR count). The lowest BCUT2D eigenvalue weighted by Gasteiger charge is -2.37. The highest BCUT2D eigenvalue weighted by molar-refractivity contribution is 8.93. The zero-order valence-corrected chi connectivity index (χ0v) is 22.9. The van der Waals surface area contributed by atoms with Gasteiger partial charge in [0.15, 0.2) is 23.0 Å². The molecule has 1 aliphatic rings. The molecular weight excluding hydrogens is 510 g/mol. The number of benzene rings is 2. The van der Waals surface area contributed by atoms with Crippen LogP contribution < -0.4 is 23.8 Å². The smallest absolute Gasteiger partial charge is 0.162 e. The summed E-state index contributed by atoms with van der Waals surface area (Å²) < 4.78 is 21.9. The third-order valence-electron chi connectivity index (χ3n) is 5.59. The molecule has 1 fully saturated rings. The summed E-state index contributed by atoms with van der Waals surface area (Å²) in [7, 11) is 8.85. The van der Waals surface area contributed by atoms with Gasteiger partial charge in [-0.1, -0.05) is 6.07 Å². The van der Waals surface area contributed by atoms with E-state index in [1.54, 1.807) is 28.4 Å². The minimum atomic E-state index is 0. The molecule has 2 aromatic carbocycles. The van der Waals surface area contributed by atoms with Crippen LogP contribution in [0.2, 0.25) is 0 Å². The van der Waals surface area contributed by atoms with E-state index >= 15 is 0 Å². The summed E-state index contributed by atoms with van der Waals surface area (Å²) in [6.07, 6.45) is 3.44. The quantitative estimate of drug-likeness (QED) is 0.351. The monoisotopic (exact) mass is 543 g/mol. The number of hydrogen-bond acceptors (Lipinski definition) is 7. The Balaban J connectivity index is 0.00000363. The molecule has 0 bridgehead atoms. The maximum Gasteiger partial charge on any atom is 0.162 e. The normalized spacial score (nSPS) is 14.8. The molecule has 0 radical (unpaired) electrons. The van der Waals surface area contributed by atoms with Gasteiger partial charge >= 0.3 is 0 Å². The van der Waals surface area contributed by atoms with Crippen LogP contribution >= 0.6 is 40.5 Å². The highest BCUT2D eigenvalue weighted by atomic mass is 79.9. The van der Waals surface area contributed by atoms with Crippen molar-refractivity contribution in [2.24, 2.45) is 0 Å². The van der Waals surface area contributed by atoms with Gasteiger partial charge in [0.05, 0.1) is 32.5 Å². The Morgan fingerprint density at radius 3 is 1.97 bits per heavy atom. The van der Waals surface area contributed by atoms with Crippen molar-refractivity contribution >= 4 is 46.2 Å². The average molecular weight is 545 g/mol. The molecule has 0 spiro atoms. The first-order valence-electron chi connectivity index (χ1n) is 10.5. The number of methoxy groups -OCH3 is 4. The summed E-state index contributed by atoms with van der Waals surface area (Å²) in [6.45, 7) is 0.964. The van der Waals surface area contributed by atoms with Crippen molar-refractivity contribution in [1.82, 2.24) is 0 Å². The largest absolute Gasteiger partial charge is 0.493 e. The van der Waals surface area contributed by atoms with E-state index in [9.17, 15) is 0 Å². The summed E-state index contributed by atoms with van der Waals surface area (Å²) in [4.78, 5) is 2.28. The van der Waals surface area contributed by atoms with Crippen molar-refractivity contribution in [3.63, 3.8) is 0 Å². The Morgan fingerprint density at radius 2 is 1.38 bits per heavy atom. The van der Waals surface area contributed by atoms with E-state index < -0.39 is 0 Å². The number of ether oxygens (including phenoxy) is 4. The zero-order valence-electron chi connectivity index (χ0n) is 19.5. The Hall–Kier alpha value is -1.38. The maximum absolute atomic E-state index is 5.58. The average Bonchev–Trinajstić information content (AvgIpc) is 2.83. The minimum absolute atomic E-state index is 0. The van der Waals surface area contributed by atoms with Crippen LogP contribution in [0.1, 0.15) is 24.8 Å². The van der Waals surface area contributed by atoms with Crippen LogP contribution in [-0.4, -0.2) is 53.5 Å². The molecule has 1 heterocycles. The molecule has 0 amide bonds. The first kappa shape index (κ1) is 26.9. The molecule has 1 saturated heterocycles. The predicted molar refractivity (Wildman–Crippen MR) is 143 cm³/mol. The Morgan fingerprint density at radius 1 is 0.812 bits per heavy atom. The fourth-order valence-electron chi connectivity index (χ4n) is 3.84. The van der Waals surface area contributed by atoms with E-state index in [4.69, 9.17) is 18.9 Å². The molecule has 0 aromatic heterocycles. The molecule has 0 aliphatic carbocycles. The van der Waals surface area contributed by atoms with Gasteiger partial charge in [0.2, 0.25) is 0 Å². The number of thioether (sulfide) groups is 2. The van der Waals surface area contributed by atoms with Gasteiger partial charge in [-0.25, -0.2) is 0 Å². The molecule has 1 aliphatic heterocycles. The van der Waals surface area contributed by atoms with Gasteiger partial charge < -0.3 is 23.8 Å². The molecule has 2 aromatic rings. The zero-order chi connectivity index (χ0) is 22.3. The van der Waals surface area contributed by atoms with Crippen LogP contribution in [0.5, 0.6) is 23.0 Å². The van der Waals surface area contributed by atoms with Gasteiger partial charge in [0, 0.05) is 25.3 Å². The number of hydrogen-bond donors (Lipinski definition) is 0. The van der Waals surface area contributed by atoms with Gasteiger partial charge in [-0.15, -0.1) is 40.5 Å². The fourth-order valence-corrected chi connectivity index (χ4v) is 7.26. The van der Waals surface area contributed by atoms with Crippen molar-refractivity contribution in [1.29, 1.82) is 0 Å². The standard InChI is InChI=1S/C24H33NO4S2.BrH/c1-25(19-9-11-21(27-3)23(17-19)29-5)13-6-12-24(30-14-7-15-31-24)18-8-10-20(26-2)22(16-18)28-4;/h8-11,16-17H,6-7,12-15H2,1-5H3;1H. The van der Waals surface area contributed by atoms with Crippen LogP contribution in [0.3, 0.4) is 0 Å². The number of nitrogens with zero attached hydrogens (tertiary/aromatic N) is 1. The Bertz CT molecular complexity index is 862. The Labute approximate surface area is 211 Å². The summed E-state index contributed by atoms with van der Waals surface area (Å²) in [6, 6.07) is 12.5. The van der Waals surface area contributed by atoms with Crippen molar-refractivity contribution in [2.75, 3.05) is 58.4 Å². The van der Waals surface area contributed by atoms with Crippen LogP contribution in [0, 0.1) is 0 Å². The second-order valence-corrected chi connectivity index (χ2v) is 10.5. The molecular formula is C24H34BrNO4S2. The van der Waals surface area contributed by atoms with Crippen molar-refractivity contribution in [3.05, 3.63) is 42.0 Å². The molecule has 0 unspecified atom stereocenters. The van der Waals surface area contributed by atoms with Crippen LogP contribution in [-0.2, 0) is 4.08 Å². The molecule has 0 N–H and O–H groups in total. The predicted octanol–water partition coefficient (Wildman–Crippen LogP) is 6.24. The molecule has 178 valence electrons. The second-order valence-electron chi connectivity index (χ2n) is 7.44. The lowest BCUT2D eigenvalue weighted by atomic mass is 10.1. The van der Waals surface area contributed by atoms with E-state index in [2.05, 4.69) is 53.7 Å². The van der Waals surface area contributed by atoms with Gasteiger partial charge in [-0.05, 0) is 60.6 Å². The number of rotatable bonds is 10. The van der Waals surface area contributed by atoms with Crippen LogP contribution in [0.15, 0.2) is 36.4 Å². The van der Waals surface area contributed by atoms with E-state index in [1.807, 2.05) is 18.2 Å². The topological polar surface area (TPSA) is 40.2 Å². The van der Waals surface area contributed by atoms with Crippen molar-refractivity contribution in [3.8, 4) is 23.0 Å². The minimum Gasteiger partial charge on any atom is -0.493 e. The van der Waals surface area contributed by atoms with E-state index in [0.29, 0.717) is 0 Å². The van der Waals surface area contributed by atoms with Gasteiger partial charge in [0.1, 0.15) is 0 Å². The first-order valence-corrected chi connectivity index (χ1v) is 12.5. The fraction of sp³-hybridized carbons (Fsp3) is 0.500. The molecule has 5 nitrogen and oxygen atoms in total. The molecule has 32 heavy (non-hydrogen) atoms. The lowest BCUT2D eigenvalue weighted by Crippen LogP contribution is -2.26. The molecule has 0 atom stereocenters. The van der Waals surface area contributed by atoms with Crippen molar-refractivity contribution < 1.29 is 18.9 Å². The SMILES string of the molecule is Br.COc1ccc(N(C)CCCC2(c3ccc(OC)c(OC)c3)SCCCS2)cc1OC. The summed E-state index contributed by atoms with van der Waals surface area (Å²) in [5, 5.41) is 0. The van der Waals surface area contributed by atoms with Crippen LogP contribution in [0.25, 0.3) is 0 Å². The van der Waals surface area contributed by atoms with Gasteiger partial charge in [0.25, 0.3) is 0 Å². The third kappa shape index (κ3) is 6.14. The summed E-state index contributed by atoms with van der Waals surface area (Å²) in [5.41, 5.74) is 2.44. The molecule has 0 saturated carbocycles. The van der Waals surface area contributed by atoms with E-state index in [1.165, 1.54) is 23.5 Å². The van der Waals surface area contributed by atoms with Crippen molar-refractivity contribution in [2.45, 2.75) is 23.3 Å². The van der Waals surface area contributed by atoms with Gasteiger partial charge in [-0.3, -0.25) is 0 Å². The lowest BCUT2D eigenvalue weighted by molar-refractivity contribution is 0.354. The third-order valence-corrected chi connectivity index (χ3v) is 9.09. The molecule has 8 heteroatoms. The summed E-state index contributed by atoms with van der Waals surface area (Å²) >= 11 is 4.13. The summed E-state index contributed by atoms with van der Waals surface area (Å²) in [5.74, 6) is 5.46. The van der Waals surface area contributed by atoms with Crippen LogP contribution in [0.4, 0.5) is 5.69 Å². The second kappa shape index (κ2) is 12.8.